The number of nitrogens with one attached hydrogen (secondary N) is 1. The van der Waals surface area contributed by atoms with E-state index in [-0.39, 0.29) is 5.91 Å². The lowest BCUT2D eigenvalue weighted by Crippen LogP contribution is -2.31. The molecular formula is C17H21N3O3. The molecule has 0 saturated carbocycles. The van der Waals surface area contributed by atoms with Crippen molar-refractivity contribution in [2.45, 2.75) is 27.2 Å². The first-order chi connectivity index (χ1) is 10.8. The highest BCUT2D eigenvalue weighted by Crippen LogP contribution is 2.19. The second-order valence-electron chi connectivity index (χ2n) is 6.13. The van der Waals surface area contributed by atoms with Gasteiger partial charge in [-0.05, 0) is 57.5 Å². The third kappa shape index (κ3) is 3.97. The Kier molecular flexibility index (Phi) is 4.83. The van der Waals surface area contributed by atoms with E-state index in [1.807, 2.05) is 25.1 Å². The lowest BCUT2D eigenvalue weighted by molar-refractivity contribution is -0.147. The Balaban J connectivity index is 1.96. The van der Waals surface area contributed by atoms with Gasteiger partial charge in [-0.25, -0.2) is 4.68 Å². The van der Waals surface area contributed by atoms with Crippen LogP contribution in [0.4, 0.5) is 0 Å². The fourth-order valence-electron chi connectivity index (χ4n) is 2.09. The molecule has 2 aromatic rings. The molecular weight excluding hydrogens is 294 g/mol. The van der Waals surface area contributed by atoms with E-state index < -0.39 is 11.4 Å². The van der Waals surface area contributed by atoms with Crippen LogP contribution in [0, 0.1) is 12.3 Å². The summed E-state index contributed by atoms with van der Waals surface area (Å²) in [4.78, 5) is 23.1. The molecule has 6 heteroatoms. The van der Waals surface area contributed by atoms with Crippen LogP contribution in [0.3, 0.4) is 0 Å². The number of aliphatic carboxylic acids is 1. The van der Waals surface area contributed by atoms with Gasteiger partial charge >= 0.3 is 5.97 Å². The molecule has 2 N–H and O–H groups in total. The Morgan fingerprint density at radius 3 is 2.39 bits per heavy atom. The quantitative estimate of drug-likeness (QED) is 0.857. The Morgan fingerprint density at radius 1 is 1.22 bits per heavy atom. The number of carboxylic acid groups (broad SMARTS) is 1. The van der Waals surface area contributed by atoms with Crippen LogP contribution in [0.25, 0.3) is 5.69 Å². The van der Waals surface area contributed by atoms with Gasteiger partial charge in [0.2, 0.25) is 0 Å². The maximum absolute atomic E-state index is 12.1. The van der Waals surface area contributed by atoms with Gasteiger partial charge in [0.25, 0.3) is 5.91 Å². The van der Waals surface area contributed by atoms with E-state index in [0.717, 1.165) is 11.4 Å². The van der Waals surface area contributed by atoms with Crippen molar-refractivity contribution in [3.8, 4) is 5.69 Å². The zero-order chi connectivity index (χ0) is 17.0. The predicted molar refractivity (Wildman–Crippen MR) is 86.7 cm³/mol. The van der Waals surface area contributed by atoms with Crippen LogP contribution in [0.2, 0.25) is 0 Å². The minimum Gasteiger partial charge on any atom is -0.481 e. The average Bonchev–Trinajstić information content (AvgIpc) is 2.93. The molecule has 23 heavy (non-hydrogen) atoms. The Morgan fingerprint density at radius 2 is 1.87 bits per heavy atom. The number of hydrogen-bond donors (Lipinski definition) is 2. The minimum absolute atomic E-state index is 0.213. The number of hydrogen-bond acceptors (Lipinski definition) is 3. The van der Waals surface area contributed by atoms with Crippen molar-refractivity contribution in [2.75, 3.05) is 6.54 Å². The van der Waals surface area contributed by atoms with Crippen molar-refractivity contribution in [1.29, 1.82) is 0 Å². The van der Waals surface area contributed by atoms with Gasteiger partial charge < -0.3 is 10.4 Å². The molecule has 2 rings (SSSR count). The molecule has 0 radical (unpaired) electrons. The van der Waals surface area contributed by atoms with Crippen LogP contribution in [-0.2, 0) is 4.79 Å². The molecule has 0 fully saturated rings. The molecule has 1 heterocycles. The van der Waals surface area contributed by atoms with Crippen molar-refractivity contribution in [3.05, 3.63) is 47.8 Å². The largest absolute Gasteiger partial charge is 0.481 e. The summed E-state index contributed by atoms with van der Waals surface area (Å²) in [6, 6.07) is 9.03. The van der Waals surface area contributed by atoms with E-state index in [0.29, 0.717) is 18.5 Å². The maximum Gasteiger partial charge on any atom is 0.309 e. The van der Waals surface area contributed by atoms with E-state index in [4.69, 9.17) is 5.11 Å². The number of aryl methyl sites for hydroxylation is 1. The highest BCUT2D eigenvalue weighted by molar-refractivity contribution is 5.94. The van der Waals surface area contributed by atoms with Crippen molar-refractivity contribution < 1.29 is 14.7 Å². The smallest absolute Gasteiger partial charge is 0.309 e. The molecule has 0 unspecified atom stereocenters. The third-order valence-corrected chi connectivity index (χ3v) is 3.82. The summed E-state index contributed by atoms with van der Waals surface area (Å²) in [6.45, 7) is 5.56. The van der Waals surface area contributed by atoms with Crippen molar-refractivity contribution >= 4 is 11.9 Å². The van der Waals surface area contributed by atoms with Crippen LogP contribution >= 0.6 is 0 Å². The highest BCUT2D eigenvalue weighted by Gasteiger charge is 2.26. The van der Waals surface area contributed by atoms with Gasteiger partial charge in [-0.2, -0.15) is 5.10 Å². The second kappa shape index (κ2) is 6.64. The zero-order valence-electron chi connectivity index (χ0n) is 13.5. The molecule has 6 nitrogen and oxygen atoms in total. The van der Waals surface area contributed by atoms with Crippen molar-refractivity contribution in [3.63, 3.8) is 0 Å². The summed E-state index contributed by atoms with van der Waals surface area (Å²) in [5.41, 5.74) is 1.58. The molecule has 0 spiro atoms. The van der Waals surface area contributed by atoms with Crippen LogP contribution in [-0.4, -0.2) is 33.3 Å². The number of aromatic nitrogens is 2. The molecule has 0 aliphatic rings. The van der Waals surface area contributed by atoms with Crippen LogP contribution in [0.5, 0.6) is 0 Å². The van der Waals surface area contributed by atoms with Crippen LogP contribution in [0.1, 0.15) is 36.3 Å². The van der Waals surface area contributed by atoms with Gasteiger partial charge in [0.05, 0.1) is 11.1 Å². The fourth-order valence-corrected chi connectivity index (χ4v) is 2.09. The number of carboxylic acids is 1. The zero-order valence-corrected chi connectivity index (χ0v) is 13.5. The van der Waals surface area contributed by atoms with E-state index >= 15 is 0 Å². The molecule has 1 aromatic carbocycles. The first-order valence-electron chi connectivity index (χ1n) is 7.44. The fraction of sp³-hybridized carbons (Fsp3) is 0.353. The summed E-state index contributed by atoms with van der Waals surface area (Å²) in [6.07, 6.45) is 2.10. The number of amides is 1. The summed E-state index contributed by atoms with van der Waals surface area (Å²) >= 11 is 0. The standard InChI is InChI=1S/C17H21N3O3/c1-12-8-10-19-20(12)14-6-4-13(5-7-14)15(21)18-11-9-17(2,3)16(22)23/h4-8,10H,9,11H2,1-3H3,(H,18,21)(H,22,23). The van der Waals surface area contributed by atoms with Crippen molar-refractivity contribution in [1.82, 2.24) is 15.1 Å². The Labute approximate surface area is 135 Å². The molecule has 0 bridgehead atoms. The summed E-state index contributed by atoms with van der Waals surface area (Å²) in [5.74, 6) is -1.08. The third-order valence-electron chi connectivity index (χ3n) is 3.82. The van der Waals surface area contributed by atoms with Crippen molar-refractivity contribution in [2.24, 2.45) is 5.41 Å². The van der Waals surface area contributed by atoms with Gasteiger partial charge in [0, 0.05) is 24.0 Å². The second-order valence-corrected chi connectivity index (χ2v) is 6.13. The van der Waals surface area contributed by atoms with E-state index in [9.17, 15) is 9.59 Å². The highest BCUT2D eigenvalue weighted by atomic mass is 16.4. The summed E-state index contributed by atoms with van der Waals surface area (Å²) in [5, 5.41) is 16.0. The predicted octanol–water partition coefficient (Wildman–Crippen LogP) is 2.41. The van der Waals surface area contributed by atoms with Gasteiger partial charge in [0.15, 0.2) is 0 Å². The van der Waals surface area contributed by atoms with Crippen LogP contribution < -0.4 is 5.32 Å². The topological polar surface area (TPSA) is 84.2 Å². The number of carbonyl (C=O) groups excluding carboxylic acids is 1. The Bertz CT molecular complexity index is 702. The molecule has 1 amide bonds. The number of nitrogens with zero attached hydrogens (tertiary/aromatic N) is 2. The number of benzene rings is 1. The summed E-state index contributed by atoms with van der Waals surface area (Å²) in [7, 11) is 0. The lowest BCUT2D eigenvalue weighted by Gasteiger charge is -2.18. The van der Waals surface area contributed by atoms with Gasteiger partial charge in [0.1, 0.15) is 0 Å². The number of rotatable bonds is 6. The molecule has 0 aliphatic heterocycles. The molecule has 0 aliphatic carbocycles. The lowest BCUT2D eigenvalue weighted by atomic mass is 9.90. The Hall–Kier alpha value is -2.63. The van der Waals surface area contributed by atoms with Gasteiger partial charge in [-0.15, -0.1) is 0 Å². The van der Waals surface area contributed by atoms with E-state index in [1.54, 1.807) is 36.9 Å². The maximum atomic E-state index is 12.1. The summed E-state index contributed by atoms with van der Waals surface area (Å²) < 4.78 is 1.79. The SMILES string of the molecule is Cc1ccnn1-c1ccc(C(=O)NCCC(C)(C)C(=O)O)cc1. The number of carbonyl (C=O) groups is 2. The van der Waals surface area contributed by atoms with Crippen LogP contribution in [0.15, 0.2) is 36.5 Å². The molecule has 122 valence electrons. The molecule has 1 aromatic heterocycles. The van der Waals surface area contributed by atoms with E-state index in [2.05, 4.69) is 10.4 Å². The minimum atomic E-state index is -0.870. The molecule has 0 atom stereocenters. The van der Waals surface area contributed by atoms with Gasteiger partial charge in [-0.3, -0.25) is 9.59 Å². The first kappa shape index (κ1) is 16.7. The van der Waals surface area contributed by atoms with E-state index in [1.165, 1.54) is 0 Å². The first-order valence-corrected chi connectivity index (χ1v) is 7.44. The molecule has 0 saturated heterocycles. The van der Waals surface area contributed by atoms with Gasteiger partial charge in [-0.1, -0.05) is 0 Å². The normalized spacial score (nSPS) is 11.3. The average molecular weight is 315 g/mol. The monoisotopic (exact) mass is 315 g/mol.